The average Bonchev–Trinajstić information content (AvgIpc) is 2.40. The van der Waals surface area contributed by atoms with Crippen molar-refractivity contribution >= 4 is 0 Å². The van der Waals surface area contributed by atoms with Crippen molar-refractivity contribution in [3.8, 4) is 0 Å². The lowest BCUT2D eigenvalue weighted by Crippen LogP contribution is -2.48. The fourth-order valence-corrected chi connectivity index (χ4v) is 2.63. The van der Waals surface area contributed by atoms with E-state index in [1.165, 1.54) is 6.07 Å². The molecule has 18 heavy (non-hydrogen) atoms. The number of hydrogen-bond donors (Lipinski definition) is 1. The first kappa shape index (κ1) is 13.5. The molecule has 1 fully saturated rings. The molecule has 0 aromatic heterocycles. The maximum absolute atomic E-state index is 14.0. The zero-order valence-corrected chi connectivity index (χ0v) is 10.8. The van der Waals surface area contributed by atoms with Crippen molar-refractivity contribution < 1.29 is 9.13 Å². The smallest absolute Gasteiger partial charge is 0.128 e. The third kappa shape index (κ3) is 2.71. The van der Waals surface area contributed by atoms with Gasteiger partial charge >= 0.3 is 0 Å². The molecule has 1 aromatic carbocycles. The fourth-order valence-electron chi connectivity index (χ4n) is 2.63. The van der Waals surface area contributed by atoms with Crippen LogP contribution in [-0.2, 0) is 4.74 Å². The summed E-state index contributed by atoms with van der Waals surface area (Å²) in [5.74, 6) is -0.174. The van der Waals surface area contributed by atoms with Crippen molar-refractivity contribution in [2.24, 2.45) is 5.73 Å². The molecular formula is C14H21FN2O. The molecule has 4 heteroatoms. The van der Waals surface area contributed by atoms with Crippen LogP contribution in [0.3, 0.4) is 0 Å². The van der Waals surface area contributed by atoms with Crippen molar-refractivity contribution in [1.82, 2.24) is 4.90 Å². The second-order valence-electron chi connectivity index (χ2n) is 4.65. The minimum absolute atomic E-state index is 0.0649. The Hall–Kier alpha value is -0.970. The van der Waals surface area contributed by atoms with E-state index in [0.29, 0.717) is 18.7 Å². The summed E-state index contributed by atoms with van der Waals surface area (Å²) in [5, 5.41) is 0. The van der Waals surface area contributed by atoms with Crippen LogP contribution in [0.25, 0.3) is 0 Å². The zero-order valence-electron chi connectivity index (χ0n) is 10.8. The Balaban J connectivity index is 2.30. The van der Waals surface area contributed by atoms with Crippen LogP contribution in [0.15, 0.2) is 24.3 Å². The van der Waals surface area contributed by atoms with E-state index in [2.05, 4.69) is 11.8 Å². The van der Waals surface area contributed by atoms with Gasteiger partial charge in [-0.2, -0.15) is 0 Å². The molecule has 0 bridgehead atoms. The SMILES string of the molecule is CCCN1CCOC(CN)C1c1ccccc1F. The summed E-state index contributed by atoms with van der Waals surface area (Å²) in [4.78, 5) is 2.28. The summed E-state index contributed by atoms with van der Waals surface area (Å²) < 4.78 is 19.7. The van der Waals surface area contributed by atoms with Gasteiger partial charge in [-0.15, -0.1) is 0 Å². The average molecular weight is 252 g/mol. The molecular weight excluding hydrogens is 231 g/mol. The summed E-state index contributed by atoms with van der Waals surface area (Å²) in [7, 11) is 0. The maximum Gasteiger partial charge on any atom is 0.128 e. The molecule has 1 saturated heterocycles. The molecule has 0 spiro atoms. The first-order chi connectivity index (χ1) is 8.77. The van der Waals surface area contributed by atoms with E-state index >= 15 is 0 Å². The van der Waals surface area contributed by atoms with E-state index in [-0.39, 0.29) is 18.0 Å². The maximum atomic E-state index is 14.0. The largest absolute Gasteiger partial charge is 0.374 e. The van der Waals surface area contributed by atoms with Crippen molar-refractivity contribution in [2.75, 3.05) is 26.2 Å². The van der Waals surface area contributed by atoms with E-state index in [4.69, 9.17) is 10.5 Å². The minimum Gasteiger partial charge on any atom is -0.374 e. The summed E-state index contributed by atoms with van der Waals surface area (Å²) in [5.41, 5.74) is 6.46. The van der Waals surface area contributed by atoms with Crippen molar-refractivity contribution in [1.29, 1.82) is 0 Å². The van der Waals surface area contributed by atoms with Gasteiger partial charge in [0, 0.05) is 18.7 Å². The second kappa shape index (κ2) is 6.27. The number of benzene rings is 1. The normalized spacial score (nSPS) is 25.3. The number of nitrogens with zero attached hydrogens (tertiary/aromatic N) is 1. The molecule has 0 saturated carbocycles. The van der Waals surface area contributed by atoms with Crippen molar-refractivity contribution in [3.05, 3.63) is 35.6 Å². The Bertz CT molecular complexity index is 384. The third-order valence-electron chi connectivity index (χ3n) is 3.42. The van der Waals surface area contributed by atoms with Gasteiger partial charge in [0.1, 0.15) is 5.82 Å². The molecule has 2 rings (SSSR count). The molecule has 0 aliphatic carbocycles. The number of nitrogens with two attached hydrogens (primary N) is 1. The monoisotopic (exact) mass is 252 g/mol. The van der Waals surface area contributed by atoms with Gasteiger partial charge in [0.2, 0.25) is 0 Å². The van der Waals surface area contributed by atoms with Crippen LogP contribution >= 0.6 is 0 Å². The second-order valence-corrected chi connectivity index (χ2v) is 4.65. The van der Waals surface area contributed by atoms with Gasteiger partial charge in [0.15, 0.2) is 0 Å². The first-order valence-corrected chi connectivity index (χ1v) is 6.58. The van der Waals surface area contributed by atoms with Crippen molar-refractivity contribution in [3.63, 3.8) is 0 Å². The number of ether oxygens (including phenoxy) is 1. The lowest BCUT2D eigenvalue weighted by atomic mass is 9.97. The predicted octanol–water partition coefficient (Wildman–Crippen LogP) is 1.94. The molecule has 1 heterocycles. The Labute approximate surface area is 108 Å². The lowest BCUT2D eigenvalue weighted by molar-refractivity contribution is -0.0686. The highest BCUT2D eigenvalue weighted by atomic mass is 19.1. The van der Waals surface area contributed by atoms with Crippen LogP contribution in [0.5, 0.6) is 0 Å². The molecule has 0 amide bonds. The van der Waals surface area contributed by atoms with Crippen LogP contribution in [0.2, 0.25) is 0 Å². The molecule has 100 valence electrons. The molecule has 2 unspecified atom stereocenters. The summed E-state index contributed by atoms with van der Waals surface area (Å²) in [6, 6.07) is 6.85. The molecule has 2 atom stereocenters. The van der Waals surface area contributed by atoms with Gasteiger partial charge < -0.3 is 10.5 Å². The van der Waals surface area contributed by atoms with Crippen LogP contribution < -0.4 is 5.73 Å². The molecule has 1 aliphatic rings. The fraction of sp³-hybridized carbons (Fsp3) is 0.571. The molecule has 3 nitrogen and oxygen atoms in total. The summed E-state index contributed by atoms with van der Waals surface area (Å²) in [6.45, 7) is 5.00. The highest BCUT2D eigenvalue weighted by Crippen LogP contribution is 2.30. The number of morpholine rings is 1. The van der Waals surface area contributed by atoms with Crippen LogP contribution in [0.1, 0.15) is 24.9 Å². The van der Waals surface area contributed by atoms with Gasteiger partial charge in [-0.25, -0.2) is 4.39 Å². The van der Waals surface area contributed by atoms with E-state index in [0.717, 1.165) is 19.5 Å². The van der Waals surface area contributed by atoms with E-state index < -0.39 is 0 Å². The quantitative estimate of drug-likeness (QED) is 0.890. The van der Waals surface area contributed by atoms with Gasteiger partial charge in [-0.3, -0.25) is 4.90 Å². The van der Waals surface area contributed by atoms with Crippen LogP contribution in [0, 0.1) is 5.82 Å². The lowest BCUT2D eigenvalue weighted by Gasteiger charge is -2.41. The first-order valence-electron chi connectivity index (χ1n) is 6.58. The van der Waals surface area contributed by atoms with E-state index in [1.54, 1.807) is 6.07 Å². The van der Waals surface area contributed by atoms with Gasteiger partial charge in [0.25, 0.3) is 0 Å². The minimum atomic E-state index is -0.174. The Morgan fingerprint density at radius 3 is 2.89 bits per heavy atom. The Kier molecular flexibility index (Phi) is 4.69. The molecule has 0 radical (unpaired) electrons. The summed E-state index contributed by atoms with van der Waals surface area (Å²) >= 11 is 0. The standard InChI is InChI=1S/C14H21FN2O/c1-2-7-17-8-9-18-13(10-16)14(17)11-5-3-4-6-12(11)15/h3-6,13-14H,2,7-10,16H2,1H3. The predicted molar refractivity (Wildman–Crippen MR) is 69.8 cm³/mol. The summed E-state index contributed by atoms with van der Waals surface area (Å²) in [6.07, 6.45) is 0.921. The number of hydrogen-bond acceptors (Lipinski definition) is 3. The van der Waals surface area contributed by atoms with Gasteiger partial charge in [0.05, 0.1) is 18.8 Å². The van der Waals surface area contributed by atoms with Gasteiger partial charge in [-0.05, 0) is 19.0 Å². The number of halogens is 1. The highest BCUT2D eigenvalue weighted by Gasteiger charge is 2.33. The molecule has 1 aliphatic heterocycles. The van der Waals surface area contributed by atoms with Crippen molar-refractivity contribution in [2.45, 2.75) is 25.5 Å². The highest BCUT2D eigenvalue weighted by molar-refractivity contribution is 5.23. The molecule has 2 N–H and O–H groups in total. The van der Waals surface area contributed by atoms with E-state index in [1.807, 2.05) is 12.1 Å². The zero-order chi connectivity index (χ0) is 13.0. The third-order valence-corrected chi connectivity index (χ3v) is 3.42. The molecule has 1 aromatic rings. The Morgan fingerprint density at radius 2 is 2.22 bits per heavy atom. The van der Waals surface area contributed by atoms with Crippen LogP contribution in [-0.4, -0.2) is 37.2 Å². The number of rotatable bonds is 4. The Morgan fingerprint density at radius 1 is 1.44 bits per heavy atom. The van der Waals surface area contributed by atoms with Crippen LogP contribution in [0.4, 0.5) is 4.39 Å². The topological polar surface area (TPSA) is 38.5 Å². The van der Waals surface area contributed by atoms with E-state index in [9.17, 15) is 4.39 Å². The van der Waals surface area contributed by atoms with Gasteiger partial charge in [-0.1, -0.05) is 25.1 Å².